The summed E-state index contributed by atoms with van der Waals surface area (Å²) in [5.74, 6) is 0.953. The lowest BCUT2D eigenvalue weighted by Crippen LogP contribution is -2.45. The van der Waals surface area contributed by atoms with E-state index in [2.05, 4.69) is 10.3 Å². The van der Waals surface area contributed by atoms with E-state index in [1.807, 2.05) is 58.9 Å². The molecule has 0 unspecified atom stereocenters. The number of pyridine rings is 1. The van der Waals surface area contributed by atoms with Crippen LogP contribution in [0, 0.1) is 19.3 Å². The third kappa shape index (κ3) is 6.48. The minimum absolute atomic E-state index is 0. The van der Waals surface area contributed by atoms with Crippen molar-refractivity contribution in [2.75, 3.05) is 5.32 Å². The maximum Gasteiger partial charge on any atom is 0.241 e. The average Bonchev–Trinajstić information content (AvgIpc) is 2.49. The van der Waals surface area contributed by atoms with Crippen molar-refractivity contribution < 1.29 is 9.53 Å². The van der Waals surface area contributed by atoms with Gasteiger partial charge in [0.15, 0.2) is 0 Å². The van der Waals surface area contributed by atoms with Crippen LogP contribution < -0.4 is 15.8 Å². The van der Waals surface area contributed by atoms with Crippen molar-refractivity contribution in [2.45, 2.75) is 40.7 Å². The van der Waals surface area contributed by atoms with Crippen LogP contribution in [0.3, 0.4) is 0 Å². The summed E-state index contributed by atoms with van der Waals surface area (Å²) in [7, 11) is 0. The molecule has 0 aliphatic rings. The van der Waals surface area contributed by atoms with Gasteiger partial charge in [-0.05, 0) is 42.5 Å². The van der Waals surface area contributed by atoms with Crippen LogP contribution in [-0.4, -0.2) is 16.9 Å². The summed E-state index contributed by atoms with van der Waals surface area (Å²) >= 11 is 0. The van der Waals surface area contributed by atoms with Gasteiger partial charge in [-0.25, -0.2) is 4.98 Å². The zero-order valence-corrected chi connectivity index (χ0v) is 17.3. The standard InChI is InChI=1S/C19H25N3O2.2ClH/c1-12-8-9-21-16(10-12)24-15-11-14(7-6-13(15)2)22-18(23)17(20)19(3,4)5;;/h6-11,17H,20H2,1-5H3,(H,22,23);2*1H/t17-;;/m1../s1. The van der Waals surface area contributed by atoms with Crippen molar-refractivity contribution in [2.24, 2.45) is 11.1 Å². The molecule has 2 rings (SSSR count). The Labute approximate surface area is 167 Å². The third-order valence-electron chi connectivity index (χ3n) is 3.78. The highest BCUT2D eigenvalue weighted by Gasteiger charge is 2.27. The fraction of sp³-hybridized carbons (Fsp3) is 0.368. The number of nitrogens with two attached hydrogens (primary N) is 1. The van der Waals surface area contributed by atoms with Gasteiger partial charge in [-0.15, -0.1) is 24.8 Å². The van der Waals surface area contributed by atoms with Crippen molar-refractivity contribution in [3.8, 4) is 11.6 Å². The summed E-state index contributed by atoms with van der Waals surface area (Å²) in [5.41, 5.74) is 8.36. The fourth-order valence-electron chi connectivity index (χ4n) is 2.08. The predicted molar refractivity (Wildman–Crippen MR) is 111 cm³/mol. The molecule has 144 valence electrons. The summed E-state index contributed by atoms with van der Waals surface area (Å²) in [6.45, 7) is 9.72. The molecule has 0 bridgehead atoms. The highest BCUT2D eigenvalue weighted by molar-refractivity contribution is 5.95. The van der Waals surface area contributed by atoms with Gasteiger partial charge in [0.05, 0.1) is 6.04 Å². The van der Waals surface area contributed by atoms with E-state index in [9.17, 15) is 4.79 Å². The monoisotopic (exact) mass is 399 g/mol. The van der Waals surface area contributed by atoms with E-state index >= 15 is 0 Å². The number of carbonyl (C=O) groups excluding carboxylic acids is 1. The molecule has 1 amide bonds. The number of rotatable bonds is 4. The third-order valence-corrected chi connectivity index (χ3v) is 3.78. The van der Waals surface area contributed by atoms with E-state index in [0.29, 0.717) is 17.3 Å². The number of halogens is 2. The van der Waals surface area contributed by atoms with Crippen LogP contribution in [0.5, 0.6) is 11.6 Å². The second kappa shape index (κ2) is 9.76. The van der Waals surface area contributed by atoms with Crippen LogP contribution in [-0.2, 0) is 4.79 Å². The highest BCUT2D eigenvalue weighted by atomic mass is 35.5. The van der Waals surface area contributed by atoms with Crippen molar-refractivity contribution in [1.29, 1.82) is 0 Å². The summed E-state index contributed by atoms with van der Waals surface area (Å²) < 4.78 is 5.85. The Morgan fingerprint density at radius 2 is 1.81 bits per heavy atom. The second-order valence-electron chi connectivity index (χ2n) is 7.09. The SMILES string of the molecule is Cc1ccnc(Oc2cc(NC(=O)[C@@H](N)C(C)(C)C)ccc2C)c1.Cl.Cl. The lowest BCUT2D eigenvalue weighted by atomic mass is 9.87. The molecular weight excluding hydrogens is 373 g/mol. The number of hydrogen-bond donors (Lipinski definition) is 2. The van der Waals surface area contributed by atoms with Crippen molar-refractivity contribution in [3.05, 3.63) is 47.7 Å². The lowest BCUT2D eigenvalue weighted by molar-refractivity contribution is -0.119. The van der Waals surface area contributed by atoms with Gasteiger partial charge >= 0.3 is 0 Å². The molecule has 26 heavy (non-hydrogen) atoms. The number of aryl methyl sites for hydroxylation is 2. The van der Waals surface area contributed by atoms with Crippen molar-refractivity contribution in [3.63, 3.8) is 0 Å². The quantitative estimate of drug-likeness (QED) is 0.784. The van der Waals surface area contributed by atoms with Gasteiger partial charge < -0.3 is 15.8 Å². The summed E-state index contributed by atoms with van der Waals surface area (Å²) in [4.78, 5) is 16.5. The van der Waals surface area contributed by atoms with Gasteiger partial charge in [0, 0.05) is 24.0 Å². The molecule has 0 fully saturated rings. The molecule has 1 aromatic carbocycles. The molecule has 7 heteroatoms. The number of nitrogens with one attached hydrogen (secondary N) is 1. The number of ether oxygens (including phenoxy) is 1. The topological polar surface area (TPSA) is 77.2 Å². The predicted octanol–water partition coefficient (Wildman–Crippen LogP) is 4.65. The summed E-state index contributed by atoms with van der Waals surface area (Å²) in [6.07, 6.45) is 1.70. The molecule has 2 aromatic rings. The van der Waals surface area contributed by atoms with E-state index < -0.39 is 6.04 Å². The van der Waals surface area contributed by atoms with E-state index in [4.69, 9.17) is 10.5 Å². The molecule has 1 aromatic heterocycles. The number of nitrogens with zero attached hydrogens (tertiary/aromatic N) is 1. The Kier molecular flexibility index (Phi) is 9.08. The van der Waals surface area contributed by atoms with Crippen molar-refractivity contribution >= 4 is 36.4 Å². The number of aromatic nitrogens is 1. The van der Waals surface area contributed by atoms with E-state index in [0.717, 1.165) is 11.1 Å². The minimum Gasteiger partial charge on any atom is -0.439 e. The minimum atomic E-state index is -0.596. The Hall–Kier alpha value is -1.82. The van der Waals surface area contributed by atoms with Crippen LogP contribution in [0.2, 0.25) is 0 Å². The Balaban J connectivity index is 0.00000312. The maximum atomic E-state index is 12.3. The zero-order valence-electron chi connectivity index (χ0n) is 15.7. The van der Waals surface area contributed by atoms with Crippen LogP contribution >= 0.6 is 24.8 Å². The number of carbonyl (C=O) groups is 1. The molecule has 0 radical (unpaired) electrons. The van der Waals surface area contributed by atoms with E-state index in [1.54, 1.807) is 12.3 Å². The first-order chi connectivity index (χ1) is 11.2. The Bertz CT molecular complexity index is 746. The average molecular weight is 400 g/mol. The zero-order chi connectivity index (χ0) is 17.9. The fourth-order valence-corrected chi connectivity index (χ4v) is 2.08. The van der Waals surface area contributed by atoms with E-state index in [-0.39, 0.29) is 36.1 Å². The first-order valence-electron chi connectivity index (χ1n) is 7.94. The van der Waals surface area contributed by atoms with E-state index in [1.165, 1.54) is 0 Å². The Morgan fingerprint density at radius 3 is 2.38 bits per heavy atom. The van der Waals surface area contributed by atoms with Crippen LogP contribution in [0.4, 0.5) is 5.69 Å². The molecule has 1 atom stereocenters. The van der Waals surface area contributed by atoms with Crippen molar-refractivity contribution in [1.82, 2.24) is 4.98 Å². The molecule has 3 N–H and O–H groups in total. The molecule has 1 heterocycles. The van der Waals surface area contributed by atoms with Gasteiger partial charge in [-0.1, -0.05) is 26.8 Å². The number of anilines is 1. The number of hydrogen-bond acceptors (Lipinski definition) is 4. The first kappa shape index (κ1) is 24.2. The highest BCUT2D eigenvalue weighted by Crippen LogP contribution is 2.28. The Morgan fingerprint density at radius 1 is 1.15 bits per heavy atom. The lowest BCUT2D eigenvalue weighted by Gasteiger charge is -2.25. The second-order valence-corrected chi connectivity index (χ2v) is 7.09. The van der Waals surface area contributed by atoms with Gasteiger partial charge in [-0.3, -0.25) is 4.79 Å². The van der Waals surface area contributed by atoms with Crippen LogP contribution in [0.1, 0.15) is 31.9 Å². The van der Waals surface area contributed by atoms with Gasteiger partial charge in [0.1, 0.15) is 5.75 Å². The van der Waals surface area contributed by atoms with Gasteiger partial charge in [0.25, 0.3) is 0 Å². The molecule has 0 saturated carbocycles. The number of benzene rings is 1. The first-order valence-corrected chi connectivity index (χ1v) is 7.94. The maximum absolute atomic E-state index is 12.3. The largest absolute Gasteiger partial charge is 0.439 e. The van der Waals surface area contributed by atoms with Gasteiger partial charge in [-0.2, -0.15) is 0 Å². The molecule has 0 aliphatic heterocycles. The van der Waals surface area contributed by atoms with Crippen LogP contribution in [0.15, 0.2) is 36.5 Å². The van der Waals surface area contributed by atoms with Gasteiger partial charge in [0.2, 0.25) is 11.8 Å². The number of amides is 1. The molecule has 0 aliphatic carbocycles. The molecule has 0 saturated heterocycles. The summed E-state index contributed by atoms with van der Waals surface area (Å²) in [5, 5.41) is 2.85. The smallest absolute Gasteiger partial charge is 0.241 e. The molecule has 0 spiro atoms. The molecule has 5 nitrogen and oxygen atoms in total. The van der Waals surface area contributed by atoms with Crippen LogP contribution in [0.25, 0.3) is 0 Å². The molecular formula is C19H27Cl2N3O2. The summed E-state index contributed by atoms with van der Waals surface area (Å²) in [6, 6.07) is 8.68. The normalized spacial score (nSPS) is 11.6.